The highest BCUT2D eigenvalue weighted by atomic mass is 16.3. The third-order valence-corrected chi connectivity index (χ3v) is 5.47. The molecule has 0 fully saturated rings. The van der Waals surface area contributed by atoms with Gasteiger partial charge in [-0.25, -0.2) is 9.97 Å². The van der Waals surface area contributed by atoms with E-state index < -0.39 is 0 Å². The molecule has 29 heavy (non-hydrogen) atoms. The van der Waals surface area contributed by atoms with E-state index in [9.17, 15) is 4.79 Å². The van der Waals surface area contributed by atoms with Crippen LogP contribution in [-0.2, 0) is 25.9 Å². The van der Waals surface area contributed by atoms with Gasteiger partial charge in [0.05, 0.1) is 23.6 Å². The van der Waals surface area contributed by atoms with Crippen LogP contribution < -0.4 is 5.43 Å². The molecule has 0 unspecified atom stereocenters. The van der Waals surface area contributed by atoms with Crippen LogP contribution in [0.25, 0.3) is 22.6 Å². The smallest absolute Gasteiger partial charge is 0.197 e. The maximum absolute atomic E-state index is 13.0. The quantitative estimate of drug-likeness (QED) is 0.528. The van der Waals surface area contributed by atoms with Crippen LogP contribution in [0.5, 0.6) is 0 Å². The average molecular weight is 387 g/mol. The first-order valence-corrected chi connectivity index (χ1v) is 9.85. The normalized spacial score (nSPS) is 14.2. The molecule has 0 amide bonds. The highest BCUT2D eigenvalue weighted by Crippen LogP contribution is 2.22. The summed E-state index contributed by atoms with van der Waals surface area (Å²) < 4.78 is 11.1. The van der Waals surface area contributed by atoms with Crippen LogP contribution >= 0.6 is 0 Å². The zero-order chi connectivity index (χ0) is 19.8. The minimum Gasteiger partial charge on any atom is -0.464 e. The molecule has 4 heterocycles. The van der Waals surface area contributed by atoms with Crippen molar-refractivity contribution in [2.45, 2.75) is 32.9 Å². The lowest BCUT2D eigenvalue weighted by molar-refractivity contribution is 0.240. The van der Waals surface area contributed by atoms with Gasteiger partial charge < -0.3 is 8.83 Å². The molecule has 0 radical (unpaired) electrons. The standard InChI is InChI=1S/C23H21N3O3/c1-2-15-5-6-20-18(10-15)22(27)17(14-29-20)13-26-8-7-19-16(12-26)11-24-23(25-19)21-4-3-9-28-21/h3-6,9-11,14H,2,7-8,12-13H2,1H3. The number of furan rings is 1. The summed E-state index contributed by atoms with van der Waals surface area (Å²) in [6.45, 7) is 4.17. The number of hydrogen-bond acceptors (Lipinski definition) is 6. The van der Waals surface area contributed by atoms with Crippen LogP contribution in [0.2, 0.25) is 0 Å². The molecule has 0 N–H and O–H groups in total. The van der Waals surface area contributed by atoms with Gasteiger partial charge in [0.2, 0.25) is 0 Å². The number of nitrogens with zero attached hydrogens (tertiary/aromatic N) is 3. The molecule has 5 rings (SSSR count). The van der Waals surface area contributed by atoms with Crippen LogP contribution in [0.1, 0.15) is 29.3 Å². The van der Waals surface area contributed by atoms with Gasteiger partial charge in [0, 0.05) is 43.4 Å². The second kappa shape index (κ2) is 7.29. The number of aromatic nitrogens is 2. The summed E-state index contributed by atoms with van der Waals surface area (Å²) in [5.41, 5.74) is 4.64. The number of fused-ring (bicyclic) bond motifs is 2. The van der Waals surface area contributed by atoms with Gasteiger partial charge in [0.1, 0.15) is 5.58 Å². The topological polar surface area (TPSA) is 72.4 Å². The Morgan fingerprint density at radius 3 is 2.97 bits per heavy atom. The lowest BCUT2D eigenvalue weighted by atomic mass is 10.1. The van der Waals surface area contributed by atoms with Crippen LogP contribution in [0, 0.1) is 0 Å². The lowest BCUT2D eigenvalue weighted by Crippen LogP contribution is -2.32. The monoisotopic (exact) mass is 387 g/mol. The van der Waals surface area contributed by atoms with E-state index in [4.69, 9.17) is 8.83 Å². The maximum Gasteiger partial charge on any atom is 0.197 e. The summed E-state index contributed by atoms with van der Waals surface area (Å²) in [6, 6.07) is 9.52. The molecule has 0 saturated carbocycles. The molecule has 0 spiro atoms. The fraction of sp³-hybridized carbons (Fsp3) is 0.261. The highest BCUT2D eigenvalue weighted by molar-refractivity contribution is 5.77. The van der Waals surface area contributed by atoms with Gasteiger partial charge in [-0.15, -0.1) is 0 Å². The van der Waals surface area contributed by atoms with Crippen LogP contribution in [-0.4, -0.2) is 21.4 Å². The molecule has 6 nitrogen and oxygen atoms in total. The van der Waals surface area contributed by atoms with E-state index in [1.54, 1.807) is 12.5 Å². The molecule has 6 heteroatoms. The first-order valence-electron chi connectivity index (χ1n) is 9.85. The Balaban J connectivity index is 1.39. The van der Waals surface area contributed by atoms with Crippen molar-refractivity contribution >= 4 is 11.0 Å². The van der Waals surface area contributed by atoms with Gasteiger partial charge in [-0.2, -0.15) is 0 Å². The number of rotatable bonds is 4. The molecule has 146 valence electrons. The zero-order valence-corrected chi connectivity index (χ0v) is 16.2. The average Bonchev–Trinajstić information content (AvgIpc) is 3.30. The molecule has 0 aliphatic carbocycles. The fourth-order valence-electron chi connectivity index (χ4n) is 3.82. The Morgan fingerprint density at radius 2 is 2.14 bits per heavy atom. The number of aryl methyl sites for hydroxylation is 1. The maximum atomic E-state index is 13.0. The molecule has 1 aromatic carbocycles. The summed E-state index contributed by atoms with van der Waals surface area (Å²) in [6.07, 6.45) is 6.79. The van der Waals surface area contributed by atoms with Crippen molar-refractivity contribution in [1.29, 1.82) is 0 Å². The van der Waals surface area contributed by atoms with Crippen molar-refractivity contribution in [2.75, 3.05) is 6.54 Å². The first kappa shape index (κ1) is 17.8. The third-order valence-electron chi connectivity index (χ3n) is 5.47. The van der Waals surface area contributed by atoms with E-state index in [0.29, 0.717) is 41.2 Å². The summed E-state index contributed by atoms with van der Waals surface area (Å²) in [5, 5.41) is 0.658. The number of benzene rings is 1. The molecule has 1 aliphatic heterocycles. The van der Waals surface area contributed by atoms with Crippen LogP contribution in [0.3, 0.4) is 0 Å². The van der Waals surface area contributed by atoms with Gasteiger partial charge in [-0.3, -0.25) is 9.69 Å². The Morgan fingerprint density at radius 1 is 1.21 bits per heavy atom. The van der Waals surface area contributed by atoms with Gasteiger partial charge in [-0.1, -0.05) is 13.0 Å². The van der Waals surface area contributed by atoms with E-state index in [2.05, 4.69) is 21.8 Å². The molecule has 0 atom stereocenters. The number of hydrogen-bond donors (Lipinski definition) is 0. The SMILES string of the molecule is CCc1ccc2occ(CN3CCc4nc(-c5ccco5)ncc4C3)c(=O)c2c1. The van der Waals surface area contributed by atoms with E-state index in [1.807, 2.05) is 36.5 Å². The van der Waals surface area contributed by atoms with Gasteiger partial charge in [-0.05, 0) is 36.2 Å². The fourth-order valence-corrected chi connectivity index (χ4v) is 3.82. The summed E-state index contributed by atoms with van der Waals surface area (Å²) in [7, 11) is 0. The Labute approximate surface area is 167 Å². The van der Waals surface area contributed by atoms with Crippen LogP contribution in [0.15, 0.2) is 62.7 Å². The highest BCUT2D eigenvalue weighted by Gasteiger charge is 2.21. The van der Waals surface area contributed by atoms with Crippen molar-refractivity contribution < 1.29 is 8.83 Å². The molecule has 4 aromatic rings. The molecular weight excluding hydrogens is 366 g/mol. The predicted molar refractivity (Wildman–Crippen MR) is 109 cm³/mol. The summed E-state index contributed by atoms with van der Waals surface area (Å²) >= 11 is 0. The molecule has 0 saturated heterocycles. The van der Waals surface area contributed by atoms with Crippen LogP contribution in [0.4, 0.5) is 0 Å². The van der Waals surface area contributed by atoms with Crippen molar-refractivity contribution in [3.63, 3.8) is 0 Å². The molecule has 3 aromatic heterocycles. The predicted octanol–water partition coefficient (Wildman–Crippen LogP) is 3.96. The second-order valence-corrected chi connectivity index (χ2v) is 7.38. The minimum atomic E-state index is 0.0526. The van der Waals surface area contributed by atoms with Crippen molar-refractivity contribution in [3.05, 3.63) is 81.7 Å². The molecule has 0 bridgehead atoms. The van der Waals surface area contributed by atoms with Crippen molar-refractivity contribution in [1.82, 2.24) is 14.9 Å². The summed E-state index contributed by atoms with van der Waals surface area (Å²) in [4.78, 5) is 24.3. The Hall–Kier alpha value is -3.25. The first-order chi connectivity index (χ1) is 14.2. The Bertz CT molecular complexity index is 1230. The second-order valence-electron chi connectivity index (χ2n) is 7.38. The van der Waals surface area contributed by atoms with E-state index >= 15 is 0 Å². The largest absolute Gasteiger partial charge is 0.464 e. The van der Waals surface area contributed by atoms with E-state index in [0.717, 1.165) is 36.2 Å². The van der Waals surface area contributed by atoms with Crippen molar-refractivity contribution in [2.24, 2.45) is 0 Å². The lowest BCUT2D eigenvalue weighted by Gasteiger charge is -2.27. The Kier molecular flexibility index (Phi) is 4.48. The minimum absolute atomic E-state index is 0.0526. The zero-order valence-electron chi connectivity index (χ0n) is 16.2. The van der Waals surface area contributed by atoms with E-state index in [-0.39, 0.29) is 5.43 Å². The van der Waals surface area contributed by atoms with E-state index in [1.165, 1.54) is 0 Å². The van der Waals surface area contributed by atoms with Gasteiger partial charge in [0.15, 0.2) is 17.0 Å². The molecule has 1 aliphatic rings. The molecular formula is C23H21N3O3. The van der Waals surface area contributed by atoms with Crippen molar-refractivity contribution in [3.8, 4) is 11.6 Å². The van der Waals surface area contributed by atoms with Gasteiger partial charge >= 0.3 is 0 Å². The third kappa shape index (κ3) is 3.36. The van der Waals surface area contributed by atoms with Gasteiger partial charge in [0.25, 0.3) is 0 Å². The summed E-state index contributed by atoms with van der Waals surface area (Å²) in [5.74, 6) is 1.29.